The van der Waals surface area contributed by atoms with Crippen molar-refractivity contribution >= 4 is 17.6 Å². The second kappa shape index (κ2) is 6.80. The van der Waals surface area contributed by atoms with Crippen LogP contribution in [0.3, 0.4) is 0 Å². The van der Waals surface area contributed by atoms with Crippen LogP contribution in [-0.2, 0) is 9.59 Å². The van der Waals surface area contributed by atoms with Gasteiger partial charge in [0, 0.05) is 19.3 Å². The van der Waals surface area contributed by atoms with Gasteiger partial charge in [0.1, 0.15) is 5.82 Å². The molecule has 1 N–H and O–H groups in total. The molecule has 5 nitrogen and oxygen atoms in total. The Morgan fingerprint density at radius 2 is 1.83 bits per heavy atom. The monoisotopic (exact) mass is 409 g/mol. The highest BCUT2D eigenvalue weighted by molar-refractivity contribution is 5.92. The van der Waals surface area contributed by atoms with E-state index in [0.717, 1.165) is 44.2 Å². The van der Waals surface area contributed by atoms with Crippen LogP contribution in [0.2, 0.25) is 0 Å². The number of anilines is 1. The number of hydrogen-bond acceptors (Lipinski definition) is 3. The highest BCUT2D eigenvalue weighted by Crippen LogP contribution is 2.69. The molecule has 1 saturated heterocycles. The van der Waals surface area contributed by atoms with Gasteiger partial charge in [-0.2, -0.15) is 0 Å². The minimum absolute atomic E-state index is 0.00621. The van der Waals surface area contributed by atoms with Crippen molar-refractivity contribution in [2.75, 3.05) is 18.4 Å². The Kier molecular flexibility index (Phi) is 4.53. The summed E-state index contributed by atoms with van der Waals surface area (Å²) in [5.74, 6) is 1.49. The van der Waals surface area contributed by atoms with Crippen LogP contribution in [-0.4, -0.2) is 34.8 Å². The van der Waals surface area contributed by atoms with Crippen molar-refractivity contribution in [2.45, 2.75) is 72.1 Å². The Morgan fingerprint density at radius 3 is 2.47 bits per heavy atom. The molecule has 0 aromatic carbocycles. The first kappa shape index (κ1) is 20.0. The number of nitrogens with one attached hydrogen (secondary N) is 1. The second-order valence-electron chi connectivity index (χ2n) is 11.7. The average molecular weight is 410 g/mol. The topological polar surface area (TPSA) is 62.3 Å². The molecule has 2 heterocycles. The van der Waals surface area contributed by atoms with Gasteiger partial charge in [-0.1, -0.05) is 19.9 Å². The number of hydrogen-bond donors (Lipinski definition) is 1. The number of likely N-dealkylation sites (tertiary alicyclic amines) is 1. The predicted octanol–water partition coefficient (Wildman–Crippen LogP) is 4.56. The molecule has 3 unspecified atom stereocenters. The van der Waals surface area contributed by atoms with E-state index in [4.69, 9.17) is 0 Å². The summed E-state index contributed by atoms with van der Waals surface area (Å²) in [5, 5.41) is 2.96. The Morgan fingerprint density at radius 1 is 1.10 bits per heavy atom. The summed E-state index contributed by atoms with van der Waals surface area (Å²) in [6, 6.07) is 3.79. The fourth-order valence-corrected chi connectivity index (χ4v) is 8.17. The minimum atomic E-state index is -0.181. The Bertz CT molecular complexity index is 846. The van der Waals surface area contributed by atoms with Crippen molar-refractivity contribution in [3.05, 3.63) is 23.9 Å². The van der Waals surface area contributed by atoms with E-state index < -0.39 is 0 Å². The van der Waals surface area contributed by atoms with Crippen LogP contribution >= 0.6 is 0 Å². The van der Waals surface area contributed by atoms with Crippen molar-refractivity contribution < 1.29 is 9.59 Å². The van der Waals surface area contributed by atoms with Gasteiger partial charge in [-0.3, -0.25) is 9.59 Å². The molecule has 5 fully saturated rings. The van der Waals surface area contributed by atoms with Crippen LogP contribution in [0, 0.1) is 35.0 Å². The summed E-state index contributed by atoms with van der Waals surface area (Å²) in [6.45, 7) is 8.16. The molecule has 4 bridgehead atoms. The number of aromatic nitrogens is 1. The van der Waals surface area contributed by atoms with Crippen molar-refractivity contribution in [3.8, 4) is 0 Å². The third-order valence-electron chi connectivity index (χ3n) is 8.32. The summed E-state index contributed by atoms with van der Waals surface area (Å²) in [6.07, 6.45) is 10.5. The van der Waals surface area contributed by atoms with Crippen LogP contribution < -0.4 is 5.32 Å². The fourth-order valence-electron chi connectivity index (χ4n) is 8.17. The maximum absolute atomic E-state index is 13.9. The van der Waals surface area contributed by atoms with Crippen LogP contribution in [0.25, 0.3) is 0 Å². The molecular formula is C25H35N3O2. The molecule has 0 spiro atoms. The average Bonchev–Trinajstić information content (AvgIpc) is 2.66. The lowest BCUT2D eigenvalue weighted by atomic mass is 9.40. The van der Waals surface area contributed by atoms with Gasteiger partial charge in [0.25, 0.3) is 0 Å². The molecule has 0 radical (unpaired) electrons. The zero-order valence-corrected chi connectivity index (χ0v) is 18.7. The van der Waals surface area contributed by atoms with E-state index in [2.05, 4.69) is 24.1 Å². The molecular weight excluding hydrogens is 374 g/mol. The summed E-state index contributed by atoms with van der Waals surface area (Å²) < 4.78 is 0. The van der Waals surface area contributed by atoms with Gasteiger partial charge < -0.3 is 10.2 Å². The normalized spacial score (nSPS) is 39.8. The lowest BCUT2D eigenvalue weighted by Gasteiger charge is -2.65. The quantitative estimate of drug-likeness (QED) is 0.796. The fraction of sp³-hybridized carbons (Fsp3) is 0.720. The molecule has 162 valence electrons. The Hall–Kier alpha value is -1.91. The zero-order valence-electron chi connectivity index (χ0n) is 18.7. The second-order valence-corrected chi connectivity index (χ2v) is 11.7. The third kappa shape index (κ3) is 3.44. The SMILES string of the molecule is Cc1ccc(NC(=O)C2CCCN(C(=O)C34CC5CC(C)(CC(C)(C5)C3)C4)C2)nc1. The van der Waals surface area contributed by atoms with Crippen molar-refractivity contribution in [2.24, 2.45) is 28.1 Å². The first-order valence-electron chi connectivity index (χ1n) is 11.7. The number of carbonyl (C=O) groups is 2. The number of pyridine rings is 1. The highest BCUT2D eigenvalue weighted by atomic mass is 16.2. The van der Waals surface area contributed by atoms with E-state index >= 15 is 0 Å². The molecule has 1 aromatic rings. The van der Waals surface area contributed by atoms with Gasteiger partial charge in [-0.05, 0) is 86.7 Å². The molecule has 5 heteroatoms. The van der Waals surface area contributed by atoms with Crippen LogP contribution in [0.4, 0.5) is 5.82 Å². The standard InChI is InChI=1S/C25H35N3O2/c1-17-6-7-20(26-12-17)27-21(29)19-5-4-8-28(13-19)22(30)25-11-18-9-23(2,15-25)14-24(3,10-18)16-25/h6-7,12,18-19H,4-5,8-11,13-16H2,1-3H3,(H,26,27,29). The lowest BCUT2D eigenvalue weighted by molar-refractivity contribution is -0.181. The molecule has 6 rings (SSSR count). The summed E-state index contributed by atoms with van der Waals surface area (Å²) >= 11 is 0. The number of rotatable bonds is 3. The van der Waals surface area contributed by atoms with E-state index in [1.807, 2.05) is 24.0 Å². The maximum atomic E-state index is 13.9. The zero-order chi connectivity index (χ0) is 21.1. The summed E-state index contributed by atoms with van der Waals surface area (Å²) in [5.41, 5.74) is 1.54. The van der Waals surface area contributed by atoms with E-state index in [9.17, 15) is 9.59 Å². The first-order chi connectivity index (χ1) is 14.2. The van der Waals surface area contributed by atoms with Crippen LogP contribution in [0.5, 0.6) is 0 Å². The van der Waals surface area contributed by atoms with Crippen LogP contribution in [0.1, 0.15) is 70.8 Å². The maximum Gasteiger partial charge on any atom is 0.230 e. The molecule has 1 aromatic heterocycles. The molecule has 3 atom stereocenters. The smallest absolute Gasteiger partial charge is 0.230 e. The largest absolute Gasteiger partial charge is 0.341 e. The molecule has 2 amide bonds. The minimum Gasteiger partial charge on any atom is -0.341 e. The third-order valence-corrected chi connectivity index (χ3v) is 8.32. The van der Waals surface area contributed by atoms with Gasteiger partial charge in [-0.25, -0.2) is 4.98 Å². The van der Waals surface area contributed by atoms with Crippen molar-refractivity contribution in [1.29, 1.82) is 0 Å². The van der Waals surface area contributed by atoms with Gasteiger partial charge in [0.2, 0.25) is 11.8 Å². The van der Waals surface area contributed by atoms with Crippen molar-refractivity contribution in [1.82, 2.24) is 9.88 Å². The Balaban J connectivity index is 1.29. The Labute approximate surface area is 180 Å². The van der Waals surface area contributed by atoms with Gasteiger partial charge in [0.15, 0.2) is 0 Å². The van der Waals surface area contributed by atoms with E-state index in [0.29, 0.717) is 35.0 Å². The van der Waals surface area contributed by atoms with Crippen molar-refractivity contribution in [3.63, 3.8) is 0 Å². The van der Waals surface area contributed by atoms with Gasteiger partial charge in [0.05, 0.1) is 11.3 Å². The molecule has 5 aliphatic rings. The number of amides is 2. The van der Waals surface area contributed by atoms with E-state index in [-0.39, 0.29) is 17.2 Å². The number of carbonyl (C=O) groups excluding carboxylic acids is 2. The first-order valence-corrected chi connectivity index (χ1v) is 11.7. The highest BCUT2D eigenvalue weighted by Gasteiger charge is 2.63. The van der Waals surface area contributed by atoms with Crippen LogP contribution in [0.15, 0.2) is 18.3 Å². The summed E-state index contributed by atoms with van der Waals surface area (Å²) in [4.78, 5) is 33.1. The predicted molar refractivity (Wildman–Crippen MR) is 117 cm³/mol. The van der Waals surface area contributed by atoms with E-state index in [1.54, 1.807) is 6.20 Å². The number of nitrogens with zero attached hydrogens (tertiary/aromatic N) is 2. The molecule has 4 aliphatic carbocycles. The molecule has 4 saturated carbocycles. The van der Waals surface area contributed by atoms with Gasteiger partial charge in [-0.15, -0.1) is 0 Å². The molecule has 1 aliphatic heterocycles. The number of piperidine rings is 1. The van der Waals surface area contributed by atoms with Gasteiger partial charge >= 0.3 is 0 Å². The number of aryl methyl sites for hydroxylation is 1. The van der Waals surface area contributed by atoms with E-state index in [1.165, 1.54) is 19.3 Å². The molecule has 30 heavy (non-hydrogen) atoms. The summed E-state index contributed by atoms with van der Waals surface area (Å²) in [7, 11) is 0. The lowest BCUT2D eigenvalue weighted by Crippen LogP contribution is -2.61.